The lowest BCUT2D eigenvalue weighted by atomic mass is 10.0. The van der Waals surface area contributed by atoms with Crippen molar-refractivity contribution in [1.82, 2.24) is 0 Å². The summed E-state index contributed by atoms with van der Waals surface area (Å²) in [6.07, 6.45) is 2.48. The third-order valence-corrected chi connectivity index (χ3v) is 1.95. The summed E-state index contributed by atoms with van der Waals surface area (Å²) < 4.78 is 0. The van der Waals surface area contributed by atoms with Gasteiger partial charge in [0.15, 0.2) is 0 Å². The maximum Gasteiger partial charge on any atom is 0.150 e. The molecule has 0 saturated carbocycles. The summed E-state index contributed by atoms with van der Waals surface area (Å²) in [6.45, 7) is 5.69. The first-order valence-corrected chi connectivity index (χ1v) is 4.32. The Labute approximate surface area is 78.2 Å². The van der Waals surface area contributed by atoms with Gasteiger partial charge in [0, 0.05) is 5.56 Å². The second-order valence-corrected chi connectivity index (χ2v) is 3.06. The van der Waals surface area contributed by atoms with Crippen LogP contribution in [-0.4, -0.2) is 11.4 Å². The van der Waals surface area contributed by atoms with E-state index in [4.69, 9.17) is 0 Å². The van der Waals surface area contributed by atoms with Gasteiger partial charge >= 0.3 is 0 Å². The van der Waals surface area contributed by atoms with E-state index < -0.39 is 0 Å². The quantitative estimate of drug-likeness (QED) is 0.719. The van der Waals surface area contributed by atoms with Gasteiger partial charge in [-0.2, -0.15) is 0 Å². The molecule has 0 bridgehead atoms. The highest BCUT2D eigenvalue weighted by Crippen LogP contribution is 2.24. The fraction of sp³-hybridized carbons (Fsp3) is 0.273. The van der Waals surface area contributed by atoms with Crippen molar-refractivity contribution in [2.75, 3.05) is 0 Å². The largest absolute Gasteiger partial charge is 0.507 e. The molecule has 1 aromatic rings. The highest BCUT2D eigenvalue weighted by molar-refractivity contribution is 5.76. The van der Waals surface area contributed by atoms with E-state index in [1.54, 1.807) is 12.1 Å². The lowest BCUT2D eigenvalue weighted by Gasteiger charge is -2.06. The molecule has 0 atom stereocenters. The van der Waals surface area contributed by atoms with Gasteiger partial charge in [-0.1, -0.05) is 13.3 Å². The van der Waals surface area contributed by atoms with Crippen LogP contribution in [0.4, 0.5) is 0 Å². The molecule has 0 aliphatic heterocycles. The van der Waals surface area contributed by atoms with Crippen molar-refractivity contribution in [1.29, 1.82) is 0 Å². The molecule has 0 aliphatic rings. The van der Waals surface area contributed by atoms with E-state index in [1.807, 2.05) is 6.92 Å². The molecular weight excluding hydrogens is 164 g/mol. The van der Waals surface area contributed by atoms with Gasteiger partial charge in [-0.05, 0) is 36.6 Å². The normalized spacial score (nSPS) is 10.0. The smallest absolute Gasteiger partial charge is 0.150 e. The summed E-state index contributed by atoms with van der Waals surface area (Å²) in [7, 11) is 0. The van der Waals surface area contributed by atoms with Gasteiger partial charge in [0.25, 0.3) is 0 Å². The average Bonchev–Trinajstić information content (AvgIpc) is 2.13. The minimum Gasteiger partial charge on any atom is -0.507 e. The maximum atomic E-state index is 10.5. The first-order chi connectivity index (χ1) is 6.19. The number of hydrogen-bond donors (Lipinski definition) is 1. The van der Waals surface area contributed by atoms with Crippen molar-refractivity contribution in [3.05, 3.63) is 35.7 Å². The van der Waals surface area contributed by atoms with Gasteiger partial charge in [0.05, 0.1) is 0 Å². The lowest BCUT2D eigenvalue weighted by Crippen LogP contribution is -1.91. The van der Waals surface area contributed by atoms with Crippen molar-refractivity contribution >= 4 is 6.29 Å². The summed E-state index contributed by atoms with van der Waals surface area (Å²) in [6, 6.07) is 3.29. The maximum absolute atomic E-state index is 10.5. The summed E-state index contributed by atoms with van der Waals surface area (Å²) in [5, 5.41) is 9.57. The highest BCUT2D eigenvalue weighted by atomic mass is 16.3. The molecule has 0 fully saturated rings. The van der Waals surface area contributed by atoms with E-state index in [-0.39, 0.29) is 5.75 Å². The van der Waals surface area contributed by atoms with Crippen molar-refractivity contribution < 1.29 is 9.90 Å². The van der Waals surface area contributed by atoms with Gasteiger partial charge < -0.3 is 5.11 Å². The lowest BCUT2D eigenvalue weighted by molar-refractivity contribution is 0.112. The van der Waals surface area contributed by atoms with Crippen LogP contribution >= 0.6 is 0 Å². The Bertz CT molecular complexity index is 316. The molecule has 0 saturated heterocycles. The number of aldehydes is 1. The third-order valence-electron chi connectivity index (χ3n) is 1.95. The summed E-state index contributed by atoms with van der Waals surface area (Å²) >= 11 is 0. The summed E-state index contributed by atoms with van der Waals surface area (Å²) in [5.74, 6) is 0.215. The number of rotatable bonds is 3. The molecule has 0 amide bonds. The fourth-order valence-corrected chi connectivity index (χ4v) is 1.31. The van der Waals surface area contributed by atoms with Crippen LogP contribution in [0.15, 0.2) is 12.1 Å². The molecule has 2 heteroatoms. The second kappa shape index (κ2) is 4.08. The minimum atomic E-state index is 0.215. The Hall–Kier alpha value is -1.31. The minimum absolute atomic E-state index is 0.215. The third kappa shape index (κ3) is 2.08. The van der Waals surface area contributed by atoms with Crippen LogP contribution in [0.1, 0.15) is 34.8 Å². The number of phenolic OH excluding ortho intramolecular Hbond substituents is 1. The van der Waals surface area contributed by atoms with Crippen molar-refractivity contribution in [3.8, 4) is 5.75 Å². The zero-order valence-corrected chi connectivity index (χ0v) is 7.71. The Morgan fingerprint density at radius 2 is 2.23 bits per heavy atom. The van der Waals surface area contributed by atoms with Crippen LogP contribution in [0.2, 0.25) is 0 Å². The molecule has 0 aliphatic carbocycles. The Balaban J connectivity index is 3.16. The van der Waals surface area contributed by atoms with Gasteiger partial charge in [-0.15, -0.1) is 0 Å². The Kier molecular flexibility index (Phi) is 3.07. The van der Waals surface area contributed by atoms with Gasteiger partial charge in [0.2, 0.25) is 0 Å². The molecule has 1 rings (SSSR count). The van der Waals surface area contributed by atoms with Gasteiger partial charge in [-0.25, -0.2) is 0 Å². The average molecular weight is 177 g/mol. The van der Waals surface area contributed by atoms with Crippen LogP contribution in [0.25, 0.3) is 0 Å². The molecule has 0 unspecified atom stereocenters. The standard InChI is InChI=1S/C11H13O2/c1-3-4-10-6-9(7-12)5-8(2)11(10)13/h5-7,13H,2-4H2,1H3. The molecule has 0 spiro atoms. The van der Waals surface area contributed by atoms with Gasteiger partial charge in [0.1, 0.15) is 12.0 Å². The fourth-order valence-electron chi connectivity index (χ4n) is 1.31. The second-order valence-electron chi connectivity index (χ2n) is 3.06. The Morgan fingerprint density at radius 1 is 1.54 bits per heavy atom. The number of phenols is 1. The van der Waals surface area contributed by atoms with E-state index >= 15 is 0 Å². The summed E-state index contributed by atoms with van der Waals surface area (Å²) in [5.41, 5.74) is 1.90. The van der Waals surface area contributed by atoms with E-state index in [2.05, 4.69) is 6.92 Å². The topological polar surface area (TPSA) is 37.3 Å². The van der Waals surface area contributed by atoms with Crippen LogP contribution < -0.4 is 0 Å². The van der Waals surface area contributed by atoms with Gasteiger partial charge in [-0.3, -0.25) is 4.79 Å². The van der Waals surface area contributed by atoms with E-state index in [0.29, 0.717) is 11.1 Å². The molecular formula is C11H13O2. The first-order valence-electron chi connectivity index (χ1n) is 4.32. The molecule has 13 heavy (non-hydrogen) atoms. The molecule has 1 N–H and O–H groups in total. The molecule has 69 valence electrons. The van der Waals surface area contributed by atoms with Crippen molar-refractivity contribution in [2.24, 2.45) is 0 Å². The SMILES string of the molecule is [CH2]c1cc(C=O)cc(CCC)c1O. The number of aromatic hydroxyl groups is 1. The zero-order valence-electron chi connectivity index (χ0n) is 7.71. The highest BCUT2D eigenvalue weighted by Gasteiger charge is 2.05. The number of benzene rings is 1. The zero-order chi connectivity index (χ0) is 9.84. The molecule has 2 nitrogen and oxygen atoms in total. The van der Waals surface area contributed by atoms with E-state index in [1.165, 1.54) is 0 Å². The van der Waals surface area contributed by atoms with Crippen LogP contribution in [0.3, 0.4) is 0 Å². The van der Waals surface area contributed by atoms with Crippen LogP contribution in [0.5, 0.6) is 5.75 Å². The van der Waals surface area contributed by atoms with Crippen LogP contribution in [-0.2, 0) is 6.42 Å². The van der Waals surface area contributed by atoms with Crippen LogP contribution in [0, 0.1) is 6.92 Å². The monoisotopic (exact) mass is 177 g/mol. The predicted octanol–water partition coefficient (Wildman–Crippen LogP) is 2.34. The Morgan fingerprint density at radius 3 is 2.77 bits per heavy atom. The first kappa shape index (κ1) is 9.78. The number of aryl methyl sites for hydroxylation is 1. The molecule has 0 heterocycles. The predicted molar refractivity (Wildman–Crippen MR) is 51.9 cm³/mol. The van der Waals surface area contributed by atoms with E-state index in [0.717, 1.165) is 24.7 Å². The summed E-state index contributed by atoms with van der Waals surface area (Å²) in [4.78, 5) is 10.5. The number of carbonyl (C=O) groups excluding carboxylic acids is 1. The van der Waals surface area contributed by atoms with Crippen molar-refractivity contribution in [2.45, 2.75) is 19.8 Å². The van der Waals surface area contributed by atoms with Crippen molar-refractivity contribution in [3.63, 3.8) is 0 Å². The number of hydrogen-bond acceptors (Lipinski definition) is 2. The molecule has 0 aromatic heterocycles. The molecule has 1 radical (unpaired) electrons. The molecule has 1 aromatic carbocycles. The van der Waals surface area contributed by atoms with E-state index in [9.17, 15) is 9.90 Å². The number of carbonyl (C=O) groups is 1.